The number of carbonyl (C=O) groups is 2. The molecule has 0 aliphatic carbocycles. The summed E-state index contributed by atoms with van der Waals surface area (Å²) in [5.41, 5.74) is 3.50. The quantitative estimate of drug-likeness (QED) is 0.740. The maximum Gasteiger partial charge on any atom is 0.258 e. The first-order chi connectivity index (χ1) is 13.5. The second-order valence-corrected chi connectivity index (χ2v) is 6.45. The van der Waals surface area contributed by atoms with Gasteiger partial charge in [0.2, 0.25) is 5.91 Å². The molecule has 0 saturated carbocycles. The van der Waals surface area contributed by atoms with E-state index in [1.54, 1.807) is 34.8 Å². The largest absolute Gasteiger partial charge is 0.326 e. The molecule has 3 aromatic rings. The molecule has 0 radical (unpaired) electrons. The number of carbonyl (C=O) groups excluding carboxylic acids is 2. The number of aryl methyl sites for hydroxylation is 1. The first-order valence-corrected chi connectivity index (χ1v) is 8.77. The smallest absolute Gasteiger partial charge is 0.258 e. The number of rotatable bonds is 5. The molecule has 2 heterocycles. The fourth-order valence-electron chi connectivity index (χ4n) is 3.22. The molecule has 1 aromatic heterocycles. The molecule has 140 valence electrons. The van der Waals surface area contributed by atoms with Crippen LogP contribution in [-0.4, -0.2) is 43.5 Å². The van der Waals surface area contributed by atoms with Crippen LogP contribution in [0.1, 0.15) is 22.3 Å². The Morgan fingerprint density at radius 2 is 1.93 bits per heavy atom. The Labute approximate surface area is 161 Å². The van der Waals surface area contributed by atoms with Gasteiger partial charge in [-0.15, -0.1) is 5.10 Å². The predicted molar refractivity (Wildman–Crippen MR) is 104 cm³/mol. The molecule has 8 heteroatoms. The molecule has 2 aromatic carbocycles. The number of hydrogen-bond donors (Lipinski definition) is 1. The number of nitrogens with zero attached hydrogens (tertiary/aromatic N) is 5. The third kappa shape index (κ3) is 3.16. The number of fused-ring (bicyclic) bond motifs is 1. The van der Waals surface area contributed by atoms with Crippen molar-refractivity contribution in [2.24, 2.45) is 7.05 Å². The highest BCUT2D eigenvalue weighted by atomic mass is 16.2. The van der Waals surface area contributed by atoms with Crippen LogP contribution >= 0.6 is 0 Å². The summed E-state index contributed by atoms with van der Waals surface area (Å²) in [6.45, 7) is 4.26. The zero-order chi connectivity index (χ0) is 19.7. The molecule has 0 unspecified atom stereocenters. The molecule has 0 bridgehead atoms. The minimum Gasteiger partial charge on any atom is -0.326 e. The molecule has 28 heavy (non-hydrogen) atoms. The van der Waals surface area contributed by atoms with Gasteiger partial charge in [-0.3, -0.25) is 9.59 Å². The van der Waals surface area contributed by atoms with Crippen molar-refractivity contribution in [2.45, 2.75) is 6.42 Å². The summed E-state index contributed by atoms with van der Waals surface area (Å²) in [6.07, 6.45) is 0.161. The van der Waals surface area contributed by atoms with E-state index in [0.717, 1.165) is 11.1 Å². The number of aromatic nitrogens is 4. The average Bonchev–Trinajstić information content (AvgIpc) is 3.23. The van der Waals surface area contributed by atoms with E-state index in [1.165, 1.54) is 0 Å². The van der Waals surface area contributed by atoms with Crippen molar-refractivity contribution in [1.82, 2.24) is 25.1 Å². The molecular weight excluding hydrogens is 356 g/mol. The minimum atomic E-state index is -0.190. The van der Waals surface area contributed by atoms with Crippen LogP contribution < -0.4 is 5.32 Å². The normalized spacial score (nSPS) is 13.0. The van der Waals surface area contributed by atoms with Gasteiger partial charge in [-0.05, 0) is 28.6 Å². The highest BCUT2D eigenvalue weighted by Gasteiger charge is 2.30. The van der Waals surface area contributed by atoms with E-state index in [4.69, 9.17) is 0 Å². The van der Waals surface area contributed by atoms with E-state index in [0.29, 0.717) is 22.8 Å². The van der Waals surface area contributed by atoms with Gasteiger partial charge in [0.25, 0.3) is 5.91 Å². The van der Waals surface area contributed by atoms with Crippen LogP contribution in [0.15, 0.2) is 55.1 Å². The van der Waals surface area contributed by atoms with Crippen LogP contribution in [0.4, 0.5) is 5.69 Å². The van der Waals surface area contributed by atoms with Gasteiger partial charge in [0.15, 0.2) is 5.82 Å². The third-order valence-electron chi connectivity index (χ3n) is 4.63. The summed E-state index contributed by atoms with van der Waals surface area (Å²) < 4.78 is 1.56. The van der Waals surface area contributed by atoms with E-state index in [9.17, 15) is 9.59 Å². The molecule has 8 nitrogen and oxygen atoms in total. The monoisotopic (exact) mass is 374 g/mol. The van der Waals surface area contributed by atoms with Gasteiger partial charge in [-0.25, -0.2) is 4.68 Å². The van der Waals surface area contributed by atoms with Gasteiger partial charge in [0, 0.05) is 48.1 Å². The lowest BCUT2D eigenvalue weighted by Crippen LogP contribution is -2.27. The molecular formula is C20H18N6O2. The molecule has 1 N–H and O–H groups in total. The summed E-state index contributed by atoms with van der Waals surface area (Å²) in [4.78, 5) is 26.4. The number of amides is 2. The van der Waals surface area contributed by atoms with Crippen molar-refractivity contribution in [3.05, 3.63) is 66.2 Å². The van der Waals surface area contributed by atoms with Crippen molar-refractivity contribution < 1.29 is 9.59 Å². The number of hydrogen-bond acceptors (Lipinski definition) is 5. The third-order valence-corrected chi connectivity index (χ3v) is 4.63. The van der Waals surface area contributed by atoms with Crippen LogP contribution in [0.3, 0.4) is 0 Å². The molecule has 1 aliphatic heterocycles. The van der Waals surface area contributed by atoms with Gasteiger partial charge in [0.05, 0.1) is 0 Å². The summed E-state index contributed by atoms with van der Waals surface area (Å²) in [5, 5.41) is 14.3. The molecule has 0 spiro atoms. The van der Waals surface area contributed by atoms with Crippen molar-refractivity contribution in [1.29, 1.82) is 0 Å². The lowest BCUT2D eigenvalue weighted by Gasteiger charge is -2.17. The van der Waals surface area contributed by atoms with Gasteiger partial charge >= 0.3 is 0 Å². The first-order valence-electron chi connectivity index (χ1n) is 8.77. The Hall–Kier alpha value is -3.81. The summed E-state index contributed by atoms with van der Waals surface area (Å²) in [6, 6.07) is 14.6. The van der Waals surface area contributed by atoms with Crippen LogP contribution in [0, 0.1) is 0 Å². The summed E-state index contributed by atoms with van der Waals surface area (Å²) in [7, 11) is 1.75. The van der Waals surface area contributed by atoms with E-state index < -0.39 is 0 Å². The number of benzene rings is 2. The van der Waals surface area contributed by atoms with Crippen molar-refractivity contribution in [3.8, 4) is 11.4 Å². The van der Waals surface area contributed by atoms with Crippen LogP contribution in [-0.2, 0) is 11.8 Å². The standard InChI is InChI=1S/C20H18N6O2/c1-13-16-8-3-4-9-17(16)20(28)26(13)11-10-18(27)21-15-7-5-6-14(12-15)19-22-23-24-25(19)2/h3-9,12H,1,10-11H2,2H3,(H,21,27). The summed E-state index contributed by atoms with van der Waals surface area (Å²) in [5.74, 6) is 0.294. The van der Waals surface area contributed by atoms with Crippen LogP contribution in [0.5, 0.6) is 0 Å². The number of tetrazole rings is 1. The van der Waals surface area contributed by atoms with Crippen molar-refractivity contribution >= 4 is 23.2 Å². The predicted octanol–water partition coefficient (Wildman–Crippen LogP) is 2.33. The lowest BCUT2D eigenvalue weighted by molar-refractivity contribution is -0.116. The highest BCUT2D eigenvalue weighted by Crippen LogP contribution is 2.31. The number of nitrogens with one attached hydrogen (secondary N) is 1. The molecule has 4 rings (SSSR count). The Balaban J connectivity index is 1.40. The fraction of sp³-hybridized carbons (Fsp3) is 0.150. The Bertz CT molecular complexity index is 1050. The maximum absolute atomic E-state index is 12.5. The molecule has 1 aliphatic rings. The van der Waals surface area contributed by atoms with Crippen molar-refractivity contribution in [2.75, 3.05) is 11.9 Å². The average molecular weight is 374 g/mol. The van der Waals surface area contributed by atoms with E-state index in [1.807, 2.05) is 30.3 Å². The Morgan fingerprint density at radius 3 is 2.64 bits per heavy atom. The van der Waals surface area contributed by atoms with Crippen LogP contribution in [0.25, 0.3) is 17.1 Å². The molecule has 0 atom stereocenters. The lowest BCUT2D eigenvalue weighted by atomic mass is 10.1. The molecule has 0 fully saturated rings. The highest BCUT2D eigenvalue weighted by molar-refractivity contribution is 6.09. The second kappa shape index (κ2) is 7.07. The number of anilines is 1. The Kier molecular flexibility index (Phi) is 4.44. The Morgan fingerprint density at radius 1 is 1.14 bits per heavy atom. The molecule has 0 saturated heterocycles. The van der Waals surface area contributed by atoms with Gasteiger partial charge in [-0.2, -0.15) is 0 Å². The van der Waals surface area contributed by atoms with E-state index in [-0.39, 0.29) is 24.8 Å². The van der Waals surface area contributed by atoms with Crippen molar-refractivity contribution in [3.63, 3.8) is 0 Å². The minimum absolute atomic E-state index is 0.120. The zero-order valence-corrected chi connectivity index (χ0v) is 15.3. The summed E-state index contributed by atoms with van der Waals surface area (Å²) >= 11 is 0. The van der Waals surface area contributed by atoms with E-state index in [2.05, 4.69) is 27.4 Å². The molecule has 2 amide bonds. The zero-order valence-electron chi connectivity index (χ0n) is 15.3. The van der Waals surface area contributed by atoms with Crippen LogP contribution in [0.2, 0.25) is 0 Å². The topological polar surface area (TPSA) is 93.0 Å². The maximum atomic E-state index is 12.5. The van der Waals surface area contributed by atoms with E-state index >= 15 is 0 Å². The fourth-order valence-corrected chi connectivity index (χ4v) is 3.22. The first kappa shape index (κ1) is 17.6. The van der Waals surface area contributed by atoms with Gasteiger partial charge in [-0.1, -0.05) is 36.9 Å². The van der Waals surface area contributed by atoms with Gasteiger partial charge in [0.1, 0.15) is 0 Å². The SMILES string of the molecule is C=C1c2ccccc2C(=O)N1CCC(=O)Nc1cccc(-c2nnnn2C)c1. The second-order valence-electron chi connectivity index (χ2n) is 6.45. The van der Waals surface area contributed by atoms with Gasteiger partial charge < -0.3 is 10.2 Å².